The van der Waals surface area contributed by atoms with Gasteiger partial charge >= 0.3 is 0 Å². The summed E-state index contributed by atoms with van der Waals surface area (Å²) in [5.74, 6) is -1.55. The number of rotatable bonds is 5. The van der Waals surface area contributed by atoms with Crippen LogP contribution in [0.15, 0.2) is 65.6 Å². The van der Waals surface area contributed by atoms with Crippen LogP contribution >= 0.6 is 0 Å². The van der Waals surface area contributed by atoms with Crippen LogP contribution in [0.25, 0.3) is 11.0 Å². The molecule has 0 saturated heterocycles. The molecule has 0 spiro atoms. The van der Waals surface area contributed by atoms with Gasteiger partial charge in [0.15, 0.2) is 0 Å². The number of aromatic nitrogens is 3. The Hall–Kier alpha value is -3.94. The van der Waals surface area contributed by atoms with Crippen LogP contribution in [0.1, 0.15) is 34.5 Å². The van der Waals surface area contributed by atoms with E-state index in [9.17, 15) is 19.1 Å². The Morgan fingerprint density at radius 1 is 1.20 bits per heavy atom. The molecule has 1 amide bonds. The van der Waals surface area contributed by atoms with Crippen molar-refractivity contribution in [2.45, 2.75) is 19.5 Å². The summed E-state index contributed by atoms with van der Waals surface area (Å²) in [6.45, 7) is 2.10. The monoisotopic (exact) mass is 406 g/mol. The van der Waals surface area contributed by atoms with Gasteiger partial charge in [0.1, 0.15) is 22.8 Å². The first-order valence-electron chi connectivity index (χ1n) is 9.35. The van der Waals surface area contributed by atoms with Gasteiger partial charge in [-0.15, -0.1) is 0 Å². The number of pyridine rings is 1. The third-order valence-electron chi connectivity index (χ3n) is 4.91. The van der Waals surface area contributed by atoms with Crippen LogP contribution in [-0.4, -0.2) is 25.8 Å². The van der Waals surface area contributed by atoms with Crippen molar-refractivity contribution in [3.63, 3.8) is 0 Å². The van der Waals surface area contributed by atoms with E-state index in [1.54, 1.807) is 23.7 Å². The Labute approximate surface area is 170 Å². The van der Waals surface area contributed by atoms with Crippen molar-refractivity contribution < 1.29 is 14.3 Å². The van der Waals surface area contributed by atoms with Crippen molar-refractivity contribution in [1.82, 2.24) is 20.1 Å². The molecule has 2 aromatic heterocycles. The number of hydrogen-bond donors (Lipinski definition) is 3. The van der Waals surface area contributed by atoms with Crippen LogP contribution in [0, 0.1) is 5.82 Å². The van der Waals surface area contributed by atoms with E-state index in [0.717, 1.165) is 5.56 Å². The molecule has 3 N–H and O–H groups in total. The van der Waals surface area contributed by atoms with E-state index in [4.69, 9.17) is 0 Å². The summed E-state index contributed by atoms with van der Waals surface area (Å²) in [6.07, 6.45) is 1.41. The molecule has 1 atom stereocenters. The number of fused-ring (bicyclic) bond motifs is 1. The van der Waals surface area contributed by atoms with E-state index >= 15 is 0 Å². The van der Waals surface area contributed by atoms with Crippen LogP contribution in [0.5, 0.6) is 5.75 Å². The fourth-order valence-electron chi connectivity index (χ4n) is 3.29. The SMILES string of the molecule is C[C@@H](NC(=O)c1c(O)c2cnn(Cc3ccccc3)c2[nH]c1=O)c1ccc(F)cc1. The van der Waals surface area contributed by atoms with Gasteiger partial charge in [0.25, 0.3) is 11.5 Å². The minimum absolute atomic E-state index is 0.269. The Balaban J connectivity index is 1.64. The molecule has 8 heteroatoms. The zero-order valence-corrected chi connectivity index (χ0v) is 16.1. The first kappa shape index (κ1) is 19.4. The Kier molecular flexibility index (Phi) is 5.05. The van der Waals surface area contributed by atoms with Gasteiger partial charge in [0, 0.05) is 0 Å². The molecule has 0 unspecified atom stereocenters. The van der Waals surface area contributed by atoms with E-state index in [2.05, 4.69) is 15.4 Å². The summed E-state index contributed by atoms with van der Waals surface area (Å²) in [5, 5.41) is 17.8. The molecule has 2 aromatic carbocycles. The molecule has 0 aliphatic heterocycles. The maximum absolute atomic E-state index is 13.1. The van der Waals surface area contributed by atoms with Gasteiger partial charge in [-0.1, -0.05) is 42.5 Å². The number of aromatic amines is 1. The highest BCUT2D eigenvalue weighted by molar-refractivity contribution is 6.01. The van der Waals surface area contributed by atoms with Gasteiger partial charge < -0.3 is 15.4 Å². The summed E-state index contributed by atoms with van der Waals surface area (Å²) in [7, 11) is 0. The second-order valence-corrected chi connectivity index (χ2v) is 6.97. The average Bonchev–Trinajstić information content (AvgIpc) is 3.12. The molecular formula is C22H19FN4O3. The van der Waals surface area contributed by atoms with Crippen molar-refractivity contribution in [3.8, 4) is 5.75 Å². The van der Waals surface area contributed by atoms with Crippen LogP contribution in [-0.2, 0) is 6.54 Å². The van der Waals surface area contributed by atoms with Gasteiger partial charge in [-0.05, 0) is 30.2 Å². The highest BCUT2D eigenvalue weighted by Crippen LogP contribution is 2.25. The third-order valence-corrected chi connectivity index (χ3v) is 4.91. The molecule has 7 nitrogen and oxygen atoms in total. The third kappa shape index (κ3) is 3.67. The van der Waals surface area contributed by atoms with E-state index < -0.39 is 28.8 Å². The predicted octanol–water partition coefficient (Wildman–Crippen LogP) is 3.11. The fourth-order valence-corrected chi connectivity index (χ4v) is 3.29. The zero-order valence-electron chi connectivity index (χ0n) is 16.1. The second-order valence-electron chi connectivity index (χ2n) is 6.97. The van der Waals surface area contributed by atoms with Gasteiger partial charge in [0.2, 0.25) is 0 Å². The van der Waals surface area contributed by atoms with E-state index in [1.165, 1.54) is 18.3 Å². The lowest BCUT2D eigenvalue weighted by Gasteiger charge is -2.15. The maximum Gasteiger partial charge on any atom is 0.266 e. The van der Waals surface area contributed by atoms with Gasteiger partial charge in [-0.2, -0.15) is 5.10 Å². The highest BCUT2D eigenvalue weighted by Gasteiger charge is 2.23. The number of amides is 1. The Morgan fingerprint density at radius 3 is 2.60 bits per heavy atom. The van der Waals surface area contributed by atoms with E-state index in [0.29, 0.717) is 17.8 Å². The lowest BCUT2D eigenvalue weighted by atomic mass is 10.1. The Morgan fingerprint density at radius 2 is 1.90 bits per heavy atom. The van der Waals surface area contributed by atoms with Gasteiger partial charge in [-0.25, -0.2) is 9.07 Å². The molecule has 4 rings (SSSR count). The summed E-state index contributed by atoms with van der Waals surface area (Å²) >= 11 is 0. The first-order chi connectivity index (χ1) is 14.4. The smallest absolute Gasteiger partial charge is 0.266 e. The largest absolute Gasteiger partial charge is 0.506 e. The number of carbonyl (C=O) groups excluding carboxylic acids is 1. The standard InChI is InChI=1S/C22H19FN4O3/c1-13(15-7-9-16(23)10-8-15)25-21(29)18-19(28)17-11-24-27(20(17)26-22(18)30)12-14-5-3-2-4-6-14/h2-11,13H,12H2,1H3,(H,25,29)(H2,26,28,30)/t13-/m1/s1. The minimum Gasteiger partial charge on any atom is -0.506 e. The van der Waals surface area contributed by atoms with Crippen LogP contribution in [0.2, 0.25) is 0 Å². The Bertz CT molecular complexity index is 1260. The number of hydrogen-bond acceptors (Lipinski definition) is 4. The van der Waals surface area contributed by atoms with E-state index in [1.807, 2.05) is 30.3 Å². The lowest BCUT2D eigenvalue weighted by molar-refractivity contribution is 0.0936. The van der Waals surface area contributed by atoms with Crippen LogP contribution in [0.4, 0.5) is 4.39 Å². The molecule has 0 radical (unpaired) electrons. The van der Waals surface area contributed by atoms with Crippen molar-refractivity contribution in [1.29, 1.82) is 0 Å². The van der Waals surface area contributed by atoms with Crippen LogP contribution < -0.4 is 10.9 Å². The molecule has 30 heavy (non-hydrogen) atoms. The quantitative estimate of drug-likeness (QED) is 0.474. The number of aromatic hydroxyl groups is 1. The number of benzene rings is 2. The lowest BCUT2D eigenvalue weighted by Crippen LogP contribution is -2.31. The molecule has 4 aromatic rings. The summed E-state index contributed by atoms with van der Waals surface area (Å²) in [4.78, 5) is 27.9. The number of nitrogens with one attached hydrogen (secondary N) is 2. The summed E-state index contributed by atoms with van der Waals surface area (Å²) < 4.78 is 14.6. The summed E-state index contributed by atoms with van der Waals surface area (Å²) in [5.41, 5.74) is 0.842. The average molecular weight is 406 g/mol. The molecule has 0 saturated carbocycles. The molecule has 0 fully saturated rings. The summed E-state index contributed by atoms with van der Waals surface area (Å²) in [6, 6.07) is 14.7. The normalized spacial score (nSPS) is 12.1. The predicted molar refractivity (Wildman–Crippen MR) is 110 cm³/mol. The molecule has 0 aliphatic carbocycles. The first-order valence-corrected chi connectivity index (χ1v) is 9.35. The number of halogens is 1. The zero-order chi connectivity index (χ0) is 21.3. The molecule has 0 aliphatic rings. The van der Waals surface area contributed by atoms with E-state index in [-0.39, 0.29) is 11.2 Å². The van der Waals surface area contributed by atoms with Crippen LogP contribution in [0.3, 0.4) is 0 Å². The molecule has 0 bridgehead atoms. The number of carbonyl (C=O) groups is 1. The molecule has 2 heterocycles. The topological polar surface area (TPSA) is 100 Å². The van der Waals surface area contributed by atoms with Crippen molar-refractivity contribution in [3.05, 3.63) is 93.7 Å². The number of H-pyrrole nitrogens is 1. The fraction of sp³-hybridized carbons (Fsp3) is 0.136. The maximum atomic E-state index is 13.1. The minimum atomic E-state index is -0.733. The number of nitrogens with zero attached hydrogens (tertiary/aromatic N) is 2. The van der Waals surface area contributed by atoms with Crippen molar-refractivity contribution >= 4 is 16.9 Å². The van der Waals surface area contributed by atoms with Crippen molar-refractivity contribution in [2.24, 2.45) is 0 Å². The molecule has 152 valence electrons. The second kappa shape index (κ2) is 7.82. The van der Waals surface area contributed by atoms with Crippen molar-refractivity contribution in [2.75, 3.05) is 0 Å². The van der Waals surface area contributed by atoms with Gasteiger partial charge in [-0.3, -0.25) is 9.59 Å². The highest BCUT2D eigenvalue weighted by atomic mass is 19.1. The molecular weight excluding hydrogens is 387 g/mol. The van der Waals surface area contributed by atoms with Gasteiger partial charge in [0.05, 0.1) is 24.2 Å².